The molecule has 1 N–H and O–H groups in total. The fourth-order valence-corrected chi connectivity index (χ4v) is 5.17. The molecule has 0 saturated heterocycles. The molecule has 0 bridgehead atoms. The zero-order valence-corrected chi connectivity index (χ0v) is 18.0. The molecule has 152 valence electrons. The third-order valence-electron chi connectivity index (χ3n) is 6.11. The number of aliphatic carboxylic acids is 1. The molecule has 4 nitrogen and oxygen atoms in total. The fraction of sp³-hybridized carbons (Fsp3) is 0.391. The summed E-state index contributed by atoms with van der Waals surface area (Å²) < 4.78 is 1.61. The van der Waals surface area contributed by atoms with Gasteiger partial charge in [0.25, 0.3) is 0 Å². The van der Waals surface area contributed by atoms with Crippen LogP contribution in [0.5, 0.6) is 0 Å². The number of benzene rings is 2. The van der Waals surface area contributed by atoms with Crippen LogP contribution in [0, 0.1) is 5.41 Å². The van der Waals surface area contributed by atoms with Crippen molar-refractivity contribution in [3.63, 3.8) is 0 Å². The first-order valence-electron chi connectivity index (χ1n) is 9.84. The van der Waals surface area contributed by atoms with Gasteiger partial charge in [0, 0.05) is 10.8 Å². The van der Waals surface area contributed by atoms with Crippen molar-refractivity contribution in [2.75, 3.05) is 0 Å². The molecular formula is C23H23Cl2NO3. The van der Waals surface area contributed by atoms with E-state index in [1.807, 2.05) is 18.2 Å². The van der Waals surface area contributed by atoms with Crippen molar-refractivity contribution in [2.24, 2.45) is 5.41 Å². The van der Waals surface area contributed by atoms with Gasteiger partial charge >= 0.3 is 5.97 Å². The van der Waals surface area contributed by atoms with Crippen LogP contribution >= 0.6 is 23.2 Å². The Hall–Kier alpha value is -2.04. The predicted octanol–water partition coefficient (Wildman–Crippen LogP) is 6.23. The molecular weight excluding hydrogens is 409 g/mol. The number of nitrogens with zero attached hydrogens (tertiary/aromatic N) is 1. The minimum absolute atomic E-state index is 0.161. The summed E-state index contributed by atoms with van der Waals surface area (Å²) in [6, 6.07) is 9.01. The molecule has 0 spiro atoms. The Bertz CT molecular complexity index is 1200. The number of aromatic nitrogens is 1. The highest BCUT2D eigenvalue weighted by atomic mass is 35.5. The first-order chi connectivity index (χ1) is 13.7. The largest absolute Gasteiger partial charge is 0.480 e. The molecule has 2 aromatic carbocycles. The van der Waals surface area contributed by atoms with Crippen molar-refractivity contribution >= 4 is 51.0 Å². The third-order valence-corrected chi connectivity index (χ3v) is 6.91. The SMILES string of the molecule is CC1(C)CCCC(c2ccc3c(=O)c4ccc(Cl)c(Cl)c4n(CC(=O)O)c3c2)C1. The summed E-state index contributed by atoms with van der Waals surface area (Å²) in [5, 5.41) is 10.9. The van der Waals surface area contributed by atoms with Gasteiger partial charge in [-0.3, -0.25) is 9.59 Å². The lowest BCUT2D eigenvalue weighted by Crippen LogP contribution is -2.22. The maximum atomic E-state index is 13.1. The number of carboxylic acids is 1. The number of hydrogen-bond donors (Lipinski definition) is 1. The number of carbonyl (C=O) groups is 1. The molecule has 0 amide bonds. The Morgan fingerprint density at radius 2 is 1.93 bits per heavy atom. The average molecular weight is 432 g/mol. The smallest absolute Gasteiger partial charge is 0.323 e. The lowest BCUT2D eigenvalue weighted by molar-refractivity contribution is -0.137. The van der Waals surface area contributed by atoms with Crippen LogP contribution in [0.1, 0.15) is 51.0 Å². The maximum Gasteiger partial charge on any atom is 0.323 e. The van der Waals surface area contributed by atoms with Crippen LogP contribution in [0.25, 0.3) is 21.8 Å². The Labute approximate surface area is 179 Å². The van der Waals surface area contributed by atoms with Crippen LogP contribution in [0.2, 0.25) is 10.0 Å². The molecule has 1 aliphatic rings. The quantitative estimate of drug-likeness (QED) is 0.499. The molecule has 0 radical (unpaired) electrons. The molecule has 1 fully saturated rings. The molecule has 4 rings (SSSR count). The second-order valence-corrected chi connectivity index (χ2v) is 9.59. The molecule has 1 heterocycles. The van der Waals surface area contributed by atoms with Crippen LogP contribution in [0.4, 0.5) is 0 Å². The van der Waals surface area contributed by atoms with Crippen LogP contribution in [-0.4, -0.2) is 15.6 Å². The maximum absolute atomic E-state index is 13.1. The van der Waals surface area contributed by atoms with Crippen molar-refractivity contribution in [1.29, 1.82) is 0 Å². The lowest BCUT2D eigenvalue weighted by atomic mass is 9.70. The zero-order chi connectivity index (χ0) is 20.9. The summed E-state index contributed by atoms with van der Waals surface area (Å²) in [7, 11) is 0. The first-order valence-corrected chi connectivity index (χ1v) is 10.6. The van der Waals surface area contributed by atoms with E-state index in [9.17, 15) is 14.7 Å². The number of hydrogen-bond acceptors (Lipinski definition) is 2. The van der Waals surface area contributed by atoms with Crippen molar-refractivity contribution in [3.05, 3.63) is 56.2 Å². The number of carboxylic acid groups (broad SMARTS) is 1. The van der Waals surface area contributed by atoms with Gasteiger partial charge in [-0.1, -0.05) is 49.5 Å². The van der Waals surface area contributed by atoms with Gasteiger partial charge in [0.15, 0.2) is 5.43 Å². The summed E-state index contributed by atoms with van der Waals surface area (Å²) in [5.74, 6) is -0.612. The molecule has 0 aliphatic heterocycles. The predicted molar refractivity (Wildman–Crippen MR) is 118 cm³/mol. The summed E-state index contributed by atoms with van der Waals surface area (Å²) >= 11 is 12.6. The Morgan fingerprint density at radius 3 is 2.62 bits per heavy atom. The molecule has 1 aromatic heterocycles. The Kier molecular flexibility index (Phi) is 5.12. The van der Waals surface area contributed by atoms with Gasteiger partial charge in [-0.05, 0) is 60.4 Å². The monoisotopic (exact) mass is 431 g/mol. The summed E-state index contributed by atoms with van der Waals surface area (Å²) in [4.78, 5) is 24.8. The van der Waals surface area contributed by atoms with E-state index in [1.54, 1.807) is 16.7 Å². The minimum atomic E-state index is -1.00. The Balaban J connectivity index is 2.02. The molecule has 3 aromatic rings. The fourth-order valence-electron chi connectivity index (χ4n) is 4.75. The molecule has 6 heteroatoms. The Morgan fingerprint density at radius 1 is 1.21 bits per heavy atom. The van der Waals surface area contributed by atoms with Gasteiger partial charge < -0.3 is 9.67 Å². The minimum Gasteiger partial charge on any atom is -0.480 e. The highest BCUT2D eigenvalue weighted by Gasteiger charge is 2.29. The normalized spacial score (nSPS) is 19.0. The highest BCUT2D eigenvalue weighted by molar-refractivity contribution is 6.45. The van der Waals surface area contributed by atoms with Gasteiger partial charge in [0.2, 0.25) is 0 Å². The van der Waals surface area contributed by atoms with E-state index in [2.05, 4.69) is 13.8 Å². The number of pyridine rings is 1. The van der Waals surface area contributed by atoms with Crippen molar-refractivity contribution in [1.82, 2.24) is 4.57 Å². The second kappa shape index (κ2) is 7.33. The van der Waals surface area contributed by atoms with Crippen LogP contribution < -0.4 is 5.43 Å². The van der Waals surface area contributed by atoms with Gasteiger partial charge in [-0.25, -0.2) is 0 Å². The van der Waals surface area contributed by atoms with Crippen molar-refractivity contribution in [3.8, 4) is 0 Å². The van der Waals surface area contributed by atoms with Gasteiger partial charge in [0.05, 0.1) is 21.1 Å². The van der Waals surface area contributed by atoms with Gasteiger partial charge in [-0.15, -0.1) is 0 Å². The van der Waals surface area contributed by atoms with Crippen molar-refractivity contribution < 1.29 is 9.90 Å². The highest BCUT2D eigenvalue weighted by Crippen LogP contribution is 2.44. The third kappa shape index (κ3) is 3.64. The summed E-state index contributed by atoms with van der Waals surface area (Å²) in [6.07, 6.45) is 4.54. The van der Waals surface area contributed by atoms with Gasteiger partial charge in [0.1, 0.15) is 6.54 Å². The second-order valence-electron chi connectivity index (χ2n) is 8.80. The van der Waals surface area contributed by atoms with E-state index >= 15 is 0 Å². The van der Waals surface area contributed by atoms with E-state index in [4.69, 9.17) is 23.2 Å². The van der Waals surface area contributed by atoms with Gasteiger partial charge in [-0.2, -0.15) is 0 Å². The number of rotatable bonds is 3. The number of halogens is 2. The molecule has 29 heavy (non-hydrogen) atoms. The van der Waals surface area contributed by atoms with Crippen LogP contribution in [-0.2, 0) is 11.3 Å². The summed E-state index contributed by atoms with van der Waals surface area (Å²) in [5.41, 5.74) is 2.22. The standard InChI is InChI=1S/C23H23Cl2NO3/c1-23(2)9-3-4-14(11-23)13-5-6-15-18(10-13)26(12-19(27)28)21-16(22(15)29)7-8-17(24)20(21)25/h5-8,10,14H,3-4,9,11-12H2,1-2H3,(H,27,28). The molecule has 1 unspecified atom stereocenters. The topological polar surface area (TPSA) is 59.3 Å². The van der Waals surface area contributed by atoms with E-state index in [1.165, 1.54) is 6.42 Å². The van der Waals surface area contributed by atoms with E-state index in [-0.39, 0.29) is 22.4 Å². The summed E-state index contributed by atoms with van der Waals surface area (Å²) in [6.45, 7) is 4.28. The first kappa shape index (κ1) is 20.2. The molecule has 1 aliphatic carbocycles. The lowest BCUT2D eigenvalue weighted by Gasteiger charge is -2.35. The van der Waals surface area contributed by atoms with E-state index in [0.29, 0.717) is 32.7 Å². The van der Waals surface area contributed by atoms with Crippen LogP contribution in [0.3, 0.4) is 0 Å². The zero-order valence-electron chi connectivity index (χ0n) is 16.5. The molecule has 1 atom stereocenters. The number of fused-ring (bicyclic) bond motifs is 2. The van der Waals surface area contributed by atoms with Crippen molar-refractivity contribution in [2.45, 2.75) is 52.0 Å². The molecule has 1 saturated carbocycles. The van der Waals surface area contributed by atoms with Crippen LogP contribution in [0.15, 0.2) is 35.1 Å². The van der Waals surface area contributed by atoms with E-state index in [0.717, 1.165) is 24.8 Å². The average Bonchev–Trinajstić information content (AvgIpc) is 2.66. The van der Waals surface area contributed by atoms with E-state index < -0.39 is 5.97 Å².